The molecule has 0 amide bonds. The van der Waals surface area contributed by atoms with Gasteiger partial charge in [0.25, 0.3) is 0 Å². The van der Waals surface area contributed by atoms with E-state index in [-0.39, 0.29) is 24.0 Å². The lowest BCUT2D eigenvalue weighted by Gasteiger charge is -2.37. The number of piperazine rings is 1. The maximum absolute atomic E-state index is 4.56. The van der Waals surface area contributed by atoms with Crippen molar-refractivity contribution in [1.29, 1.82) is 0 Å². The first kappa shape index (κ1) is 22.7. The average Bonchev–Trinajstić information content (AvgIpc) is 3.33. The molecule has 1 atom stereocenters. The third-order valence-electron chi connectivity index (χ3n) is 5.85. The molecule has 0 radical (unpaired) electrons. The summed E-state index contributed by atoms with van der Waals surface area (Å²) in [5, 5.41) is 3.65. The lowest BCUT2D eigenvalue weighted by atomic mass is 10.1. The summed E-state index contributed by atoms with van der Waals surface area (Å²) in [5.41, 5.74) is 1.38. The second-order valence-electron chi connectivity index (χ2n) is 7.62. The molecule has 4 rings (SSSR count). The van der Waals surface area contributed by atoms with E-state index in [1.54, 1.807) is 12.4 Å². The van der Waals surface area contributed by atoms with Crippen LogP contribution in [0.15, 0.2) is 53.8 Å². The van der Waals surface area contributed by atoms with Gasteiger partial charge in [-0.2, -0.15) is 0 Å². The molecule has 2 aromatic rings. The summed E-state index contributed by atoms with van der Waals surface area (Å²) in [5.74, 6) is 1.80. The minimum Gasteiger partial charge on any atom is -0.354 e. The fourth-order valence-corrected chi connectivity index (χ4v) is 4.28. The third kappa shape index (κ3) is 5.60. The van der Waals surface area contributed by atoms with Crippen molar-refractivity contribution in [2.24, 2.45) is 4.99 Å². The summed E-state index contributed by atoms with van der Waals surface area (Å²) in [4.78, 5) is 20.5. The molecule has 2 fully saturated rings. The number of guanidine groups is 1. The number of hydrogen-bond acceptors (Lipinski definition) is 5. The Hall–Kier alpha value is -1.94. The SMILES string of the molecule is CN=C(NCC(c1ccccc1)N1CCCC1)N1CCN(c2ncccn2)CC1.I. The van der Waals surface area contributed by atoms with Crippen molar-refractivity contribution in [1.82, 2.24) is 25.1 Å². The van der Waals surface area contributed by atoms with E-state index < -0.39 is 0 Å². The molecule has 0 spiro atoms. The van der Waals surface area contributed by atoms with Crippen LogP contribution >= 0.6 is 24.0 Å². The van der Waals surface area contributed by atoms with Gasteiger partial charge in [-0.15, -0.1) is 24.0 Å². The molecule has 7 nitrogen and oxygen atoms in total. The van der Waals surface area contributed by atoms with Crippen molar-refractivity contribution in [2.75, 3.05) is 57.8 Å². The van der Waals surface area contributed by atoms with Gasteiger partial charge in [-0.3, -0.25) is 9.89 Å². The van der Waals surface area contributed by atoms with Crippen molar-refractivity contribution < 1.29 is 0 Å². The zero-order valence-corrected chi connectivity index (χ0v) is 20.0. The summed E-state index contributed by atoms with van der Waals surface area (Å²) in [6, 6.07) is 13.1. The van der Waals surface area contributed by atoms with Gasteiger partial charge in [0.2, 0.25) is 5.95 Å². The molecule has 1 unspecified atom stereocenters. The number of aromatic nitrogens is 2. The Kier molecular flexibility index (Phi) is 8.68. The van der Waals surface area contributed by atoms with E-state index in [2.05, 4.69) is 65.3 Å². The van der Waals surface area contributed by atoms with Gasteiger partial charge in [-0.05, 0) is 37.6 Å². The van der Waals surface area contributed by atoms with Crippen molar-refractivity contribution in [3.63, 3.8) is 0 Å². The number of likely N-dealkylation sites (tertiary alicyclic amines) is 1. The molecule has 3 heterocycles. The molecule has 1 N–H and O–H groups in total. The minimum atomic E-state index is 0. The molecule has 8 heteroatoms. The zero-order chi connectivity index (χ0) is 19.9. The van der Waals surface area contributed by atoms with Gasteiger partial charge in [0.05, 0.1) is 6.04 Å². The van der Waals surface area contributed by atoms with Crippen LogP contribution in [0, 0.1) is 0 Å². The van der Waals surface area contributed by atoms with Crippen LogP contribution in [-0.4, -0.2) is 78.6 Å². The Morgan fingerprint density at radius 3 is 2.27 bits per heavy atom. The quantitative estimate of drug-likeness (QED) is 0.371. The van der Waals surface area contributed by atoms with Crippen LogP contribution in [0.2, 0.25) is 0 Å². The topological polar surface area (TPSA) is 59.9 Å². The monoisotopic (exact) mass is 521 g/mol. The molecule has 2 aliphatic rings. The molecule has 0 bridgehead atoms. The molecule has 1 aromatic heterocycles. The first-order chi connectivity index (χ1) is 14.3. The van der Waals surface area contributed by atoms with E-state index in [0.717, 1.165) is 44.6 Å². The van der Waals surface area contributed by atoms with Gasteiger partial charge in [-0.1, -0.05) is 30.3 Å². The van der Waals surface area contributed by atoms with Crippen LogP contribution in [0.3, 0.4) is 0 Å². The summed E-state index contributed by atoms with van der Waals surface area (Å²) < 4.78 is 0. The lowest BCUT2D eigenvalue weighted by molar-refractivity contribution is 0.243. The van der Waals surface area contributed by atoms with Crippen molar-refractivity contribution in [3.05, 3.63) is 54.4 Å². The first-order valence-corrected chi connectivity index (χ1v) is 10.6. The number of benzene rings is 1. The Morgan fingerprint density at radius 1 is 0.967 bits per heavy atom. The zero-order valence-electron chi connectivity index (χ0n) is 17.7. The van der Waals surface area contributed by atoms with E-state index in [9.17, 15) is 0 Å². The molecular formula is C22H32IN7. The van der Waals surface area contributed by atoms with E-state index in [0.29, 0.717) is 6.04 Å². The fraction of sp³-hybridized carbons (Fsp3) is 0.500. The molecule has 1 aromatic carbocycles. The maximum Gasteiger partial charge on any atom is 0.225 e. The third-order valence-corrected chi connectivity index (χ3v) is 5.85. The Bertz CT molecular complexity index is 773. The fourth-order valence-electron chi connectivity index (χ4n) is 4.28. The minimum absolute atomic E-state index is 0. The van der Waals surface area contributed by atoms with Gasteiger partial charge in [0.1, 0.15) is 0 Å². The predicted octanol–water partition coefficient (Wildman–Crippen LogP) is 2.63. The number of hydrogen-bond donors (Lipinski definition) is 1. The van der Waals surface area contributed by atoms with E-state index in [1.807, 2.05) is 13.1 Å². The van der Waals surface area contributed by atoms with Crippen LogP contribution in [0.5, 0.6) is 0 Å². The second kappa shape index (κ2) is 11.5. The van der Waals surface area contributed by atoms with Crippen molar-refractivity contribution in [3.8, 4) is 0 Å². The molecule has 2 aliphatic heterocycles. The summed E-state index contributed by atoms with van der Waals surface area (Å²) in [7, 11) is 1.88. The molecule has 162 valence electrons. The highest BCUT2D eigenvalue weighted by molar-refractivity contribution is 14.0. The highest BCUT2D eigenvalue weighted by atomic mass is 127. The lowest BCUT2D eigenvalue weighted by Crippen LogP contribution is -2.53. The number of aliphatic imine (C=N–C) groups is 1. The van der Waals surface area contributed by atoms with E-state index >= 15 is 0 Å². The van der Waals surface area contributed by atoms with Crippen molar-refractivity contribution in [2.45, 2.75) is 18.9 Å². The van der Waals surface area contributed by atoms with E-state index in [4.69, 9.17) is 0 Å². The summed E-state index contributed by atoms with van der Waals surface area (Å²) >= 11 is 0. The summed E-state index contributed by atoms with van der Waals surface area (Å²) in [6.07, 6.45) is 6.19. The Balaban J connectivity index is 0.00000256. The normalized spacial score (nSPS) is 18.8. The number of halogens is 1. The first-order valence-electron chi connectivity index (χ1n) is 10.6. The van der Waals surface area contributed by atoms with E-state index in [1.165, 1.54) is 31.5 Å². The molecular weight excluding hydrogens is 489 g/mol. The Labute approximate surface area is 196 Å². The maximum atomic E-state index is 4.56. The van der Waals surface area contributed by atoms with Gasteiger partial charge in [0.15, 0.2) is 5.96 Å². The highest BCUT2D eigenvalue weighted by Crippen LogP contribution is 2.24. The molecule has 30 heavy (non-hydrogen) atoms. The van der Waals surface area contributed by atoms with Gasteiger partial charge >= 0.3 is 0 Å². The van der Waals surface area contributed by atoms with Crippen LogP contribution < -0.4 is 10.2 Å². The molecule has 2 saturated heterocycles. The highest BCUT2D eigenvalue weighted by Gasteiger charge is 2.25. The van der Waals surface area contributed by atoms with Crippen LogP contribution in [0.1, 0.15) is 24.4 Å². The molecule has 0 saturated carbocycles. The number of nitrogens with one attached hydrogen (secondary N) is 1. The predicted molar refractivity (Wildman–Crippen MR) is 133 cm³/mol. The largest absolute Gasteiger partial charge is 0.354 e. The standard InChI is InChI=1S/C22H31N7.HI/c1-23-21(28-14-16-29(17-15-28)22-24-10-7-11-25-22)26-18-20(27-12-5-6-13-27)19-8-3-2-4-9-19;/h2-4,7-11,20H,5-6,12-18H2,1H3,(H,23,26);1H. The molecule has 0 aliphatic carbocycles. The van der Waals surface area contributed by atoms with Crippen LogP contribution in [0.4, 0.5) is 5.95 Å². The number of nitrogens with zero attached hydrogens (tertiary/aromatic N) is 6. The van der Waals surface area contributed by atoms with Gasteiger partial charge in [-0.25, -0.2) is 9.97 Å². The average molecular weight is 521 g/mol. The van der Waals surface area contributed by atoms with Crippen LogP contribution in [0.25, 0.3) is 0 Å². The van der Waals surface area contributed by atoms with Crippen molar-refractivity contribution >= 4 is 35.9 Å². The Morgan fingerprint density at radius 2 is 1.63 bits per heavy atom. The summed E-state index contributed by atoms with van der Waals surface area (Å²) in [6.45, 7) is 6.86. The van der Waals surface area contributed by atoms with Crippen LogP contribution in [-0.2, 0) is 0 Å². The number of rotatable bonds is 5. The number of anilines is 1. The smallest absolute Gasteiger partial charge is 0.225 e. The second-order valence-corrected chi connectivity index (χ2v) is 7.62. The van der Waals surface area contributed by atoms with Gasteiger partial charge < -0.3 is 15.1 Å². The van der Waals surface area contributed by atoms with Gasteiger partial charge in [0, 0.05) is 52.2 Å².